The van der Waals surface area contributed by atoms with E-state index in [9.17, 15) is 14.7 Å². The van der Waals surface area contributed by atoms with Crippen LogP contribution in [0.3, 0.4) is 0 Å². The number of methoxy groups -OCH3 is 2. The van der Waals surface area contributed by atoms with Gasteiger partial charge in [0.1, 0.15) is 11.8 Å². The largest absolute Gasteiger partial charge is 0.507 e. The second-order valence-corrected chi connectivity index (χ2v) is 7.86. The molecule has 0 bridgehead atoms. The molecule has 1 atom stereocenters. The summed E-state index contributed by atoms with van der Waals surface area (Å²) in [5.41, 5.74) is 0.834. The van der Waals surface area contributed by atoms with Crippen LogP contribution >= 0.6 is 11.3 Å². The highest BCUT2D eigenvalue weighted by Gasteiger charge is 2.46. The quantitative estimate of drug-likeness (QED) is 0.359. The number of likely N-dealkylation sites (tertiary alicyclic amines) is 1. The number of ketones is 1. The number of aromatic nitrogens is 1. The minimum absolute atomic E-state index is 0.00697. The van der Waals surface area contributed by atoms with Crippen molar-refractivity contribution < 1.29 is 24.2 Å². The molecule has 4 rings (SSSR count). The predicted molar refractivity (Wildman–Crippen MR) is 116 cm³/mol. The summed E-state index contributed by atoms with van der Waals surface area (Å²) in [6, 6.07) is 13.0. The Morgan fingerprint density at radius 2 is 1.90 bits per heavy atom. The Morgan fingerprint density at radius 3 is 2.55 bits per heavy atom. The van der Waals surface area contributed by atoms with Crippen LogP contribution in [-0.4, -0.2) is 40.9 Å². The molecule has 1 N–H and O–H groups in total. The van der Waals surface area contributed by atoms with E-state index < -0.39 is 17.7 Å². The predicted octanol–water partition coefficient (Wildman–Crippen LogP) is 3.78. The van der Waals surface area contributed by atoms with Crippen molar-refractivity contribution in [2.45, 2.75) is 12.6 Å². The van der Waals surface area contributed by atoms with Crippen LogP contribution in [0, 0.1) is 0 Å². The highest BCUT2D eigenvalue weighted by molar-refractivity contribution is 7.09. The summed E-state index contributed by atoms with van der Waals surface area (Å²) in [6.07, 6.45) is 1.59. The van der Waals surface area contributed by atoms with Gasteiger partial charge < -0.3 is 19.5 Å². The molecule has 7 nitrogen and oxygen atoms in total. The van der Waals surface area contributed by atoms with Gasteiger partial charge in [-0.1, -0.05) is 12.1 Å². The van der Waals surface area contributed by atoms with E-state index in [1.165, 1.54) is 30.5 Å². The van der Waals surface area contributed by atoms with Crippen LogP contribution in [0.1, 0.15) is 22.2 Å². The average molecular weight is 436 g/mol. The number of benzene rings is 1. The summed E-state index contributed by atoms with van der Waals surface area (Å²) < 4.78 is 10.5. The Bertz CT molecular complexity index is 1140. The Hall–Kier alpha value is -3.65. The third-order valence-electron chi connectivity index (χ3n) is 5.07. The number of carbonyl (C=O) groups excluding carboxylic acids is 2. The van der Waals surface area contributed by atoms with Crippen molar-refractivity contribution in [2.75, 3.05) is 14.2 Å². The standard InChI is InChI=1S/C23H20N2O5S/c1-29-17-9-8-14(12-18(17)30-2)21(26)19-20(16-7-3-4-10-24-16)25(23(28)22(19)27)13-15-6-5-11-31-15/h3-12,20,26H,13H2,1-2H3/b21-19-. The van der Waals surface area contributed by atoms with Gasteiger partial charge >= 0.3 is 0 Å². The van der Waals surface area contributed by atoms with Gasteiger partial charge in [0.25, 0.3) is 11.7 Å². The highest BCUT2D eigenvalue weighted by atomic mass is 32.1. The molecule has 1 amide bonds. The molecule has 0 saturated carbocycles. The number of Topliss-reactive ketones (excluding diaryl/α,β-unsaturated/α-hetero) is 1. The number of pyridine rings is 1. The second kappa shape index (κ2) is 8.61. The van der Waals surface area contributed by atoms with Crippen LogP contribution in [-0.2, 0) is 16.1 Å². The fourth-order valence-corrected chi connectivity index (χ4v) is 4.30. The van der Waals surface area contributed by atoms with Crippen molar-refractivity contribution in [3.63, 3.8) is 0 Å². The zero-order chi connectivity index (χ0) is 22.0. The summed E-state index contributed by atoms with van der Waals surface area (Å²) in [7, 11) is 2.99. The Labute approximate surface area is 183 Å². The number of thiophene rings is 1. The lowest BCUT2D eigenvalue weighted by Gasteiger charge is -2.24. The number of carbonyl (C=O) groups is 2. The summed E-state index contributed by atoms with van der Waals surface area (Å²) in [6.45, 7) is 0.242. The molecule has 1 fully saturated rings. The molecule has 0 spiro atoms. The number of nitrogens with zero attached hydrogens (tertiary/aromatic N) is 2. The van der Waals surface area contributed by atoms with Crippen LogP contribution in [0.15, 0.2) is 65.7 Å². The zero-order valence-corrected chi connectivity index (χ0v) is 17.8. The molecular formula is C23H20N2O5S. The number of ether oxygens (including phenoxy) is 2. The second-order valence-electron chi connectivity index (χ2n) is 6.83. The number of hydrogen-bond acceptors (Lipinski definition) is 7. The van der Waals surface area contributed by atoms with Crippen molar-refractivity contribution >= 4 is 28.8 Å². The number of amides is 1. The van der Waals surface area contributed by atoms with E-state index in [0.29, 0.717) is 22.8 Å². The van der Waals surface area contributed by atoms with Gasteiger partial charge in [-0.3, -0.25) is 14.6 Å². The molecule has 1 unspecified atom stereocenters. The van der Waals surface area contributed by atoms with Gasteiger partial charge in [0, 0.05) is 16.6 Å². The summed E-state index contributed by atoms with van der Waals surface area (Å²) >= 11 is 1.49. The van der Waals surface area contributed by atoms with E-state index in [1.807, 2.05) is 17.5 Å². The molecule has 3 aromatic rings. The third kappa shape index (κ3) is 3.77. The monoisotopic (exact) mass is 436 g/mol. The topological polar surface area (TPSA) is 89.0 Å². The fourth-order valence-electron chi connectivity index (χ4n) is 3.60. The van der Waals surface area contributed by atoms with Gasteiger partial charge in [0.05, 0.1) is 32.0 Å². The Balaban J connectivity index is 1.86. The molecule has 1 aliphatic rings. The maximum absolute atomic E-state index is 13.0. The molecule has 0 radical (unpaired) electrons. The molecule has 2 aromatic heterocycles. The van der Waals surface area contributed by atoms with E-state index in [2.05, 4.69) is 4.98 Å². The minimum Gasteiger partial charge on any atom is -0.507 e. The third-order valence-corrected chi connectivity index (χ3v) is 5.93. The number of aliphatic hydroxyl groups excluding tert-OH is 1. The molecule has 1 saturated heterocycles. The first-order valence-electron chi connectivity index (χ1n) is 9.49. The maximum Gasteiger partial charge on any atom is 0.296 e. The van der Waals surface area contributed by atoms with Gasteiger partial charge in [-0.15, -0.1) is 11.3 Å². The minimum atomic E-state index is -0.809. The van der Waals surface area contributed by atoms with Crippen LogP contribution in [0.2, 0.25) is 0 Å². The molecular weight excluding hydrogens is 416 g/mol. The summed E-state index contributed by atoms with van der Waals surface area (Å²) in [5, 5.41) is 13.0. The molecule has 1 aliphatic heterocycles. The van der Waals surface area contributed by atoms with E-state index in [-0.39, 0.29) is 17.9 Å². The number of hydrogen-bond donors (Lipinski definition) is 1. The number of aliphatic hydroxyl groups is 1. The lowest BCUT2D eigenvalue weighted by Crippen LogP contribution is -2.29. The van der Waals surface area contributed by atoms with Crippen LogP contribution < -0.4 is 9.47 Å². The van der Waals surface area contributed by atoms with Crippen molar-refractivity contribution in [2.24, 2.45) is 0 Å². The molecule has 1 aromatic carbocycles. The van der Waals surface area contributed by atoms with Crippen molar-refractivity contribution in [1.29, 1.82) is 0 Å². The normalized spacial score (nSPS) is 17.7. The SMILES string of the molecule is COc1ccc(/C(O)=C2/C(=O)C(=O)N(Cc3cccs3)C2c2ccccn2)cc1OC. The lowest BCUT2D eigenvalue weighted by molar-refractivity contribution is -0.140. The van der Waals surface area contributed by atoms with Crippen molar-refractivity contribution in [1.82, 2.24) is 9.88 Å². The Kier molecular flexibility index (Phi) is 5.73. The molecule has 8 heteroatoms. The van der Waals surface area contributed by atoms with Gasteiger partial charge in [-0.25, -0.2) is 0 Å². The molecule has 158 valence electrons. The first-order chi connectivity index (χ1) is 15.0. The average Bonchev–Trinajstić information content (AvgIpc) is 3.41. The van der Waals surface area contributed by atoms with Gasteiger partial charge in [-0.05, 0) is 41.8 Å². The number of rotatable bonds is 6. The molecule has 0 aliphatic carbocycles. The molecule has 3 heterocycles. The smallest absolute Gasteiger partial charge is 0.296 e. The first-order valence-corrected chi connectivity index (χ1v) is 10.4. The fraction of sp³-hybridized carbons (Fsp3) is 0.174. The van der Waals surface area contributed by atoms with Crippen LogP contribution in [0.25, 0.3) is 5.76 Å². The first kappa shape index (κ1) is 20.6. The van der Waals surface area contributed by atoms with Gasteiger partial charge in [-0.2, -0.15) is 0 Å². The van der Waals surface area contributed by atoms with Crippen LogP contribution in [0.5, 0.6) is 11.5 Å². The van der Waals surface area contributed by atoms with Crippen LogP contribution in [0.4, 0.5) is 0 Å². The maximum atomic E-state index is 13.0. The van der Waals surface area contributed by atoms with E-state index in [0.717, 1.165) is 4.88 Å². The molecule has 31 heavy (non-hydrogen) atoms. The van der Waals surface area contributed by atoms with Gasteiger partial charge in [0.2, 0.25) is 0 Å². The van der Waals surface area contributed by atoms with Crippen molar-refractivity contribution in [3.05, 3.63) is 81.8 Å². The van der Waals surface area contributed by atoms with Gasteiger partial charge in [0.15, 0.2) is 11.5 Å². The summed E-state index contributed by atoms with van der Waals surface area (Å²) in [5.74, 6) is -0.832. The lowest BCUT2D eigenvalue weighted by atomic mass is 9.98. The highest BCUT2D eigenvalue weighted by Crippen LogP contribution is 2.41. The van der Waals surface area contributed by atoms with Crippen molar-refractivity contribution in [3.8, 4) is 11.5 Å². The van der Waals surface area contributed by atoms with E-state index >= 15 is 0 Å². The van der Waals surface area contributed by atoms with E-state index in [4.69, 9.17) is 9.47 Å². The zero-order valence-electron chi connectivity index (χ0n) is 16.9. The van der Waals surface area contributed by atoms with E-state index in [1.54, 1.807) is 42.6 Å². The summed E-state index contributed by atoms with van der Waals surface area (Å²) in [4.78, 5) is 32.7. The Morgan fingerprint density at radius 1 is 1.10 bits per heavy atom.